The Hall–Kier alpha value is -3.03. The van der Waals surface area contributed by atoms with Gasteiger partial charge in [-0.3, -0.25) is 4.79 Å². The molecule has 3 rings (SSSR count). The Balaban J connectivity index is 2.01. The van der Waals surface area contributed by atoms with Crippen molar-refractivity contribution in [1.29, 1.82) is 0 Å². The molecule has 1 heterocycles. The van der Waals surface area contributed by atoms with Gasteiger partial charge in [0, 0.05) is 43.4 Å². The van der Waals surface area contributed by atoms with Crippen LogP contribution in [0.4, 0.5) is 5.69 Å². The van der Waals surface area contributed by atoms with Crippen LogP contribution in [-0.2, 0) is 0 Å². The summed E-state index contributed by atoms with van der Waals surface area (Å²) in [7, 11) is 3.96. The van der Waals surface area contributed by atoms with E-state index in [0.29, 0.717) is 23.2 Å². The van der Waals surface area contributed by atoms with Gasteiger partial charge in [0.25, 0.3) is 0 Å². The van der Waals surface area contributed by atoms with Gasteiger partial charge in [-0.15, -0.1) is 0 Å². The predicted octanol–water partition coefficient (Wildman–Crippen LogP) is 3.26. The van der Waals surface area contributed by atoms with Crippen LogP contribution in [0.25, 0.3) is 22.3 Å². The van der Waals surface area contributed by atoms with Gasteiger partial charge in [0.1, 0.15) is 11.3 Å². The van der Waals surface area contributed by atoms with Gasteiger partial charge in [-0.1, -0.05) is 11.8 Å². The molecular formula is C21H19NO3. The van der Waals surface area contributed by atoms with Gasteiger partial charge in [-0.05, 0) is 42.5 Å². The smallest absolute Gasteiger partial charge is 0.193 e. The maximum atomic E-state index is 12.5. The van der Waals surface area contributed by atoms with E-state index in [2.05, 4.69) is 11.8 Å². The molecule has 0 aliphatic heterocycles. The van der Waals surface area contributed by atoms with Crippen molar-refractivity contribution in [3.8, 4) is 23.2 Å². The monoisotopic (exact) mass is 333 g/mol. The molecule has 0 unspecified atom stereocenters. The van der Waals surface area contributed by atoms with Crippen LogP contribution in [0.3, 0.4) is 0 Å². The van der Waals surface area contributed by atoms with Crippen LogP contribution in [-0.4, -0.2) is 25.8 Å². The van der Waals surface area contributed by atoms with Crippen molar-refractivity contribution < 1.29 is 9.52 Å². The molecule has 0 amide bonds. The van der Waals surface area contributed by atoms with Crippen LogP contribution in [0, 0.1) is 11.8 Å². The minimum atomic E-state index is -0.0984. The molecule has 4 heteroatoms. The Bertz CT molecular complexity index is 1010. The fourth-order valence-corrected chi connectivity index (χ4v) is 2.52. The quantitative estimate of drug-likeness (QED) is 0.748. The van der Waals surface area contributed by atoms with Crippen molar-refractivity contribution in [1.82, 2.24) is 0 Å². The van der Waals surface area contributed by atoms with Crippen molar-refractivity contribution in [3.05, 3.63) is 64.3 Å². The topological polar surface area (TPSA) is 53.7 Å². The zero-order chi connectivity index (χ0) is 17.8. The number of rotatable bonds is 3. The Morgan fingerprint density at radius 3 is 2.52 bits per heavy atom. The van der Waals surface area contributed by atoms with E-state index in [-0.39, 0.29) is 12.0 Å². The molecule has 2 aromatic carbocycles. The number of hydrogen-bond acceptors (Lipinski definition) is 4. The maximum absolute atomic E-state index is 12.5. The molecule has 0 saturated carbocycles. The Labute approximate surface area is 146 Å². The molecule has 126 valence electrons. The normalized spacial score (nSPS) is 10.4. The molecule has 0 fully saturated rings. The first-order valence-electron chi connectivity index (χ1n) is 8.04. The average Bonchev–Trinajstić information content (AvgIpc) is 2.62. The second-order valence-electron chi connectivity index (χ2n) is 5.90. The number of aliphatic hydroxyl groups excluding tert-OH is 1. The summed E-state index contributed by atoms with van der Waals surface area (Å²) in [4.78, 5) is 14.5. The molecule has 0 bridgehead atoms. The molecular weight excluding hydrogens is 314 g/mol. The highest BCUT2D eigenvalue weighted by Gasteiger charge is 2.08. The summed E-state index contributed by atoms with van der Waals surface area (Å²) in [6, 6.07) is 14.7. The van der Waals surface area contributed by atoms with E-state index in [1.807, 2.05) is 49.3 Å². The average molecular weight is 333 g/mol. The zero-order valence-electron chi connectivity index (χ0n) is 14.2. The summed E-state index contributed by atoms with van der Waals surface area (Å²) < 4.78 is 5.91. The van der Waals surface area contributed by atoms with E-state index in [1.54, 1.807) is 12.1 Å². The standard InChI is InChI=1S/C21H19NO3/c1-22(2)17-9-7-16(8-10-17)21-14-19(24)18-13-15(5-3-4-12-23)6-11-20(18)25-21/h6-11,13-14,23H,4,12H2,1-2H3. The first kappa shape index (κ1) is 16.8. The lowest BCUT2D eigenvalue weighted by Crippen LogP contribution is -2.08. The highest BCUT2D eigenvalue weighted by Crippen LogP contribution is 2.24. The predicted molar refractivity (Wildman–Crippen MR) is 101 cm³/mol. The van der Waals surface area contributed by atoms with Crippen LogP contribution in [0.15, 0.2) is 57.7 Å². The lowest BCUT2D eigenvalue weighted by molar-refractivity contribution is 0.305. The number of anilines is 1. The van der Waals surface area contributed by atoms with Crippen molar-refractivity contribution in [2.24, 2.45) is 0 Å². The molecule has 0 atom stereocenters. The Morgan fingerprint density at radius 2 is 1.84 bits per heavy atom. The summed E-state index contributed by atoms with van der Waals surface area (Å²) in [5.74, 6) is 6.33. The molecule has 1 N–H and O–H groups in total. The van der Waals surface area contributed by atoms with E-state index in [1.165, 1.54) is 6.07 Å². The SMILES string of the molecule is CN(C)c1ccc(-c2cc(=O)c3cc(C#CCCO)ccc3o2)cc1. The fourth-order valence-electron chi connectivity index (χ4n) is 2.52. The molecule has 4 nitrogen and oxygen atoms in total. The van der Waals surface area contributed by atoms with Crippen molar-refractivity contribution in [2.75, 3.05) is 25.6 Å². The maximum Gasteiger partial charge on any atom is 0.193 e. The molecule has 0 saturated heterocycles. The second-order valence-corrected chi connectivity index (χ2v) is 5.90. The first-order valence-corrected chi connectivity index (χ1v) is 8.04. The van der Waals surface area contributed by atoms with Crippen LogP contribution in [0.1, 0.15) is 12.0 Å². The number of fused-ring (bicyclic) bond motifs is 1. The Morgan fingerprint density at radius 1 is 1.08 bits per heavy atom. The second kappa shape index (κ2) is 7.25. The number of hydrogen-bond donors (Lipinski definition) is 1. The zero-order valence-corrected chi connectivity index (χ0v) is 14.2. The molecule has 25 heavy (non-hydrogen) atoms. The van der Waals surface area contributed by atoms with E-state index < -0.39 is 0 Å². The van der Waals surface area contributed by atoms with E-state index in [9.17, 15) is 4.79 Å². The fraction of sp³-hybridized carbons (Fsp3) is 0.190. The minimum absolute atomic E-state index is 0.0265. The summed E-state index contributed by atoms with van der Waals surface area (Å²) >= 11 is 0. The third-order valence-corrected chi connectivity index (χ3v) is 3.86. The molecule has 0 radical (unpaired) electrons. The van der Waals surface area contributed by atoms with E-state index >= 15 is 0 Å². The Kier molecular flexibility index (Phi) is 4.87. The molecule has 0 aliphatic rings. The van der Waals surface area contributed by atoms with E-state index in [4.69, 9.17) is 9.52 Å². The van der Waals surface area contributed by atoms with Crippen LogP contribution >= 0.6 is 0 Å². The lowest BCUT2D eigenvalue weighted by Gasteiger charge is -2.12. The van der Waals surface area contributed by atoms with Crippen LogP contribution < -0.4 is 10.3 Å². The largest absolute Gasteiger partial charge is 0.456 e. The minimum Gasteiger partial charge on any atom is -0.456 e. The molecule has 1 aromatic heterocycles. The molecule has 3 aromatic rings. The molecule has 0 spiro atoms. The van der Waals surface area contributed by atoms with Gasteiger partial charge >= 0.3 is 0 Å². The van der Waals surface area contributed by atoms with Gasteiger partial charge in [-0.25, -0.2) is 0 Å². The summed E-state index contributed by atoms with van der Waals surface area (Å²) in [5.41, 5.74) is 3.11. The number of aliphatic hydroxyl groups is 1. The van der Waals surface area contributed by atoms with Gasteiger partial charge in [0.15, 0.2) is 5.43 Å². The van der Waals surface area contributed by atoms with Gasteiger partial charge in [0.05, 0.1) is 12.0 Å². The highest BCUT2D eigenvalue weighted by atomic mass is 16.3. The van der Waals surface area contributed by atoms with Crippen molar-refractivity contribution in [3.63, 3.8) is 0 Å². The third-order valence-electron chi connectivity index (χ3n) is 3.86. The summed E-state index contributed by atoms with van der Waals surface area (Å²) in [5, 5.41) is 9.28. The number of nitrogens with zero attached hydrogens (tertiary/aromatic N) is 1. The summed E-state index contributed by atoms with van der Waals surface area (Å²) in [6.07, 6.45) is 0.411. The highest BCUT2D eigenvalue weighted by molar-refractivity contribution is 5.80. The number of benzene rings is 2. The van der Waals surface area contributed by atoms with Crippen LogP contribution in [0.5, 0.6) is 0 Å². The van der Waals surface area contributed by atoms with Gasteiger partial charge in [0.2, 0.25) is 0 Å². The van der Waals surface area contributed by atoms with Crippen molar-refractivity contribution in [2.45, 2.75) is 6.42 Å². The molecule has 0 aliphatic carbocycles. The third kappa shape index (κ3) is 3.73. The van der Waals surface area contributed by atoms with Gasteiger partial charge < -0.3 is 14.4 Å². The summed E-state index contributed by atoms with van der Waals surface area (Å²) in [6.45, 7) is 0.0265. The van der Waals surface area contributed by atoms with Crippen LogP contribution in [0.2, 0.25) is 0 Å². The van der Waals surface area contributed by atoms with Crippen molar-refractivity contribution >= 4 is 16.7 Å². The lowest BCUT2D eigenvalue weighted by atomic mass is 10.1. The first-order chi connectivity index (χ1) is 12.1. The van der Waals surface area contributed by atoms with E-state index in [0.717, 1.165) is 16.8 Å². The van der Waals surface area contributed by atoms with Gasteiger partial charge in [-0.2, -0.15) is 0 Å².